The molecule has 2 aromatic rings. The van der Waals surface area contributed by atoms with Crippen LogP contribution in [0.25, 0.3) is 0 Å². The predicted octanol–water partition coefficient (Wildman–Crippen LogP) is 4.23. The quantitative estimate of drug-likeness (QED) is 0.247. The summed E-state index contributed by atoms with van der Waals surface area (Å²) in [4.78, 5) is 16.0. The number of rotatable bonds is 7. The largest absolute Gasteiger partial charge is 0.356 e. The summed E-state index contributed by atoms with van der Waals surface area (Å²) in [5.74, 6) is 0.712. The zero-order valence-electron chi connectivity index (χ0n) is 15.5. The van der Waals surface area contributed by atoms with Crippen molar-refractivity contribution in [2.45, 2.75) is 32.9 Å². The lowest BCUT2D eigenvalue weighted by atomic mass is 10.2. The van der Waals surface area contributed by atoms with Crippen molar-refractivity contribution in [2.75, 3.05) is 13.6 Å². The summed E-state index contributed by atoms with van der Waals surface area (Å²) in [6, 6.07) is 10.8. The van der Waals surface area contributed by atoms with Crippen molar-refractivity contribution >= 4 is 53.1 Å². The van der Waals surface area contributed by atoms with Gasteiger partial charge in [0.1, 0.15) is 0 Å². The van der Waals surface area contributed by atoms with E-state index in [9.17, 15) is 4.79 Å². The van der Waals surface area contributed by atoms with Crippen molar-refractivity contribution in [3.63, 3.8) is 0 Å². The van der Waals surface area contributed by atoms with E-state index in [4.69, 9.17) is 23.2 Å². The molecule has 0 aliphatic rings. The van der Waals surface area contributed by atoms with Crippen LogP contribution in [0.15, 0.2) is 46.2 Å². The van der Waals surface area contributed by atoms with E-state index in [1.807, 2.05) is 25.1 Å². The van der Waals surface area contributed by atoms with Gasteiger partial charge in [-0.25, -0.2) is 0 Å². The third-order valence-electron chi connectivity index (χ3n) is 4.05. The van der Waals surface area contributed by atoms with Crippen LogP contribution in [0.5, 0.6) is 0 Å². The first-order chi connectivity index (χ1) is 12.5. The number of halogens is 3. The van der Waals surface area contributed by atoms with Gasteiger partial charge in [-0.3, -0.25) is 9.79 Å². The number of hydrogen-bond donors (Lipinski definition) is 2. The molecule has 8 heteroatoms. The van der Waals surface area contributed by atoms with Crippen LogP contribution in [0, 0.1) is 6.92 Å². The molecule has 2 N–H and O–H groups in total. The van der Waals surface area contributed by atoms with Crippen molar-refractivity contribution in [3.8, 4) is 0 Å². The first-order valence-corrected chi connectivity index (χ1v) is 9.31. The second-order valence-corrected chi connectivity index (χ2v) is 6.80. The van der Waals surface area contributed by atoms with Gasteiger partial charge in [0, 0.05) is 48.5 Å². The zero-order valence-corrected chi connectivity index (χ0v) is 19.3. The summed E-state index contributed by atoms with van der Waals surface area (Å²) in [6.07, 6.45) is 1.85. The van der Waals surface area contributed by atoms with Crippen LogP contribution in [0.2, 0.25) is 10.0 Å². The fraction of sp³-hybridized carbons (Fsp3) is 0.368. The molecular weight excluding hydrogens is 498 g/mol. The Labute approximate surface area is 187 Å². The summed E-state index contributed by atoms with van der Waals surface area (Å²) < 4.78 is 1.80. The van der Waals surface area contributed by atoms with Crippen molar-refractivity contribution in [2.24, 2.45) is 4.99 Å². The summed E-state index contributed by atoms with van der Waals surface area (Å²) in [5, 5.41) is 7.75. The van der Waals surface area contributed by atoms with E-state index in [-0.39, 0.29) is 29.5 Å². The SMILES string of the molecule is CN=C(NCCCCn1c(C)cccc1=O)NCc1ccc(Cl)cc1Cl.I. The Bertz CT molecular complexity index is 824. The molecule has 0 amide bonds. The van der Waals surface area contributed by atoms with Crippen LogP contribution in [0.3, 0.4) is 0 Å². The first-order valence-electron chi connectivity index (χ1n) is 8.56. The van der Waals surface area contributed by atoms with Crippen molar-refractivity contribution < 1.29 is 0 Å². The average molecular weight is 523 g/mol. The normalized spacial score (nSPS) is 11.0. The predicted molar refractivity (Wildman–Crippen MR) is 125 cm³/mol. The molecule has 27 heavy (non-hydrogen) atoms. The first kappa shape index (κ1) is 23.8. The average Bonchev–Trinajstić information content (AvgIpc) is 2.61. The number of aromatic nitrogens is 1. The highest BCUT2D eigenvalue weighted by atomic mass is 127. The van der Waals surface area contributed by atoms with Crippen LogP contribution in [0.1, 0.15) is 24.1 Å². The number of nitrogens with zero attached hydrogens (tertiary/aromatic N) is 2. The molecule has 0 spiro atoms. The van der Waals surface area contributed by atoms with Gasteiger partial charge in [-0.1, -0.05) is 35.3 Å². The van der Waals surface area contributed by atoms with E-state index in [0.717, 1.165) is 37.2 Å². The van der Waals surface area contributed by atoms with E-state index in [1.54, 1.807) is 29.8 Å². The molecule has 0 saturated carbocycles. The molecule has 0 aliphatic carbocycles. The Hall–Kier alpha value is -1.25. The smallest absolute Gasteiger partial charge is 0.250 e. The Morgan fingerprint density at radius 3 is 2.59 bits per heavy atom. The molecule has 1 aromatic carbocycles. The highest BCUT2D eigenvalue weighted by molar-refractivity contribution is 14.0. The van der Waals surface area contributed by atoms with E-state index in [2.05, 4.69) is 15.6 Å². The molecule has 1 heterocycles. The third-order valence-corrected chi connectivity index (χ3v) is 4.64. The molecule has 0 fully saturated rings. The van der Waals surface area contributed by atoms with Gasteiger partial charge in [0.25, 0.3) is 5.56 Å². The Balaban J connectivity index is 0.00000364. The maximum atomic E-state index is 11.8. The zero-order chi connectivity index (χ0) is 18.9. The number of nitrogens with one attached hydrogen (secondary N) is 2. The molecule has 0 aliphatic heterocycles. The lowest BCUT2D eigenvalue weighted by Gasteiger charge is -2.13. The van der Waals surface area contributed by atoms with Gasteiger partial charge >= 0.3 is 0 Å². The minimum absolute atomic E-state index is 0. The number of aryl methyl sites for hydroxylation is 1. The Kier molecular flexibility index (Phi) is 10.8. The second-order valence-electron chi connectivity index (χ2n) is 5.95. The summed E-state index contributed by atoms with van der Waals surface area (Å²) in [7, 11) is 1.73. The summed E-state index contributed by atoms with van der Waals surface area (Å²) >= 11 is 12.1. The topological polar surface area (TPSA) is 58.4 Å². The Morgan fingerprint density at radius 1 is 1.15 bits per heavy atom. The summed E-state index contributed by atoms with van der Waals surface area (Å²) in [5.41, 5.74) is 2.00. The fourth-order valence-corrected chi connectivity index (χ4v) is 3.05. The highest BCUT2D eigenvalue weighted by Gasteiger charge is 2.03. The van der Waals surface area contributed by atoms with E-state index < -0.39 is 0 Å². The number of benzene rings is 1. The molecule has 2 rings (SSSR count). The van der Waals surface area contributed by atoms with Crippen molar-refractivity contribution in [1.82, 2.24) is 15.2 Å². The monoisotopic (exact) mass is 522 g/mol. The number of pyridine rings is 1. The van der Waals surface area contributed by atoms with Crippen LogP contribution < -0.4 is 16.2 Å². The van der Waals surface area contributed by atoms with Gasteiger partial charge in [0.2, 0.25) is 0 Å². The number of unbranched alkanes of at least 4 members (excludes halogenated alkanes) is 1. The van der Waals surface area contributed by atoms with Crippen LogP contribution >= 0.6 is 47.2 Å². The molecule has 0 saturated heterocycles. The molecular formula is C19H25Cl2IN4O. The molecule has 0 bridgehead atoms. The molecule has 0 radical (unpaired) electrons. The minimum atomic E-state index is 0. The van der Waals surface area contributed by atoms with Gasteiger partial charge in [-0.2, -0.15) is 0 Å². The summed E-state index contributed by atoms with van der Waals surface area (Å²) in [6.45, 7) is 4.01. The lowest BCUT2D eigenvalue weighted by molar-refractivity contribution is 0.575. The van der Waals surface area contributed by atoms with Crippen LogP contribution in [-0.2, 0) is 13.1 Å². The van der Waals surface area contributed by atoms with Gasteiger partial charge in [0.05, 0.1) is 0 Å². The van der Waals surface area contributed by atoms with Gasteiger partial charge in [-0.15, -0.1) is 24.0 Å². The fourth-order valence-electron chi connectivity index (χ4n) is 2.58. The lowest BCUT2D eigenvalue weighted by Crippen LogP contribution is -2.37. The molecule has 1 aromatic heterocycles. The minimum Gasteiger partial charge on any atom is -0.356 e. The molecule has 148 valence electrons. The number of aliphatic imine (C=N–C) groups is 1. The second kappa shape index (κ2) is 12.3. The molecule has 0 unspecified atom stereocenters. The van der Waals surface area contributed by atoms with Crippen LogP contribution in [-0.4, -0.2) is 24.1 Å². The van der Waals surface area contributed by atoms with E-state index >= 15 is 0 Å². The molecule has 0 atom stereocenters. The van der Waals surface area contributed by atoms with Crippen LogP contribution in [0.4, 0.5) is 0 Å². The third kappa shape index (κ3) is 7.71. The molecule has 5 nitrogen and oxygen atoms in total. The standard InChI is InChI=1S/C19H24Cl2N4O.HI/c1-14-6-5-7-18(26)25(14)11-4-3-10-23-19(22-2)24-13-15-8-9-16(20)12-17(15)21;/h5-9,12H,3-4,10-11,13H2,1-2H3,(H2,22,23,24);1H. The van der Waals surface area contributed by atoms with Gasteiger partial charge < -0.3 is 15.2 Å². The number of hydrogen-bond acceptors (Lipinski definition) is 2. The maximum absolute atomic E-state index is 11.8. The van der Waals surface area contributed by atoms with E-state index in [0.29, 0.717) is 22.5 Å². The van der Waals surface area contributed by atoms with E-state index in [1.165, 1.54) is 0 Å². The van der Waals surface area contributed by atoms with Crippen molar-refractivity contribution in [3.05, 3.63) is 68.1 Å². The van der Waals surface area contributed by atoms with Crippen molar-refractivity contribution in [1.29, 1.82) is 0 Å². The number of guanidine groups is 1. The Morgan fingerprint density at radius 2 is 1.93 bits per heavy atom. The maximum Gasteiger partial charge on any atom is 0.250 e. The van der Waals surface area contributed by atoms with Gasteiger partial charge in [0.15, 0.2) is 5.96 Å². The highest BCUT2D eigenvalue weighted by Crippen LogP contribution is 2.20. The van der Waals surface area contributed by atoms with Gasteiger partial charge in [-0.05, 0) is 43.5 Å².